The number of rotatable bonds is 9. The van der Waals surface area contributed by atoms with Gasteiger partial charge in [0.1, 0.15) is 12.0 Å². The van der Waals surface area contributed by atoms with Crippen LogP contribution in [0.15, 0.2) is 77.8 Å². The number of hydrogen-bond acceptors (Lipinski definition) is 6. The molecule has 10 heteroatoms. The summed E-state index contributed by atoms with van der Waals surface area (Å²) in [6, 6.07) is 11.2. The first-order valence-corrected chi connectivity index (χ1v) is 15.1. The maximum Gasteiger partial charge on any atom is 0.310 e. The highest BCUT2D eigenvalue weighted by atomic mass is 32.1. The number of aromatic nitrogens is 1. The molecule has 1 heterocycles. The van der Waals surface area contributed by atoms with Crippen molar-refractivity contribution in [3.8, 4) is 11.8 Å². The maximum atomic E-state index is 14.9. The van der Waals surface area contributed by atoms with E-state index in [1.165, 1.54) is 30.4 Å². The van der Waals surface area contributed by atoms with Crippen molar-refractivity contribution in [3.05, 3.63) is 111 Å². The molecule has 2 aromatic carbocycles. The van der Waals surface area contributed by atoms with Crippen LogP contribution in [0.3, 0.4) is 0 Å². The summed E-state index contributed by atoms with van der Waals surface area (Å²) < 4.78 is 28.5. The maximum absolute atomic E-state index is 14.9. The molecular formula is C34H30F2N4O3S. The predicted molar refractivity (Wildman–Crippen MR) is 165 cm³/mol. The topological polar surface area (TPSA) is 112 Å². The molecule has 2 aliphatic rings. The molecular weight excluding hydrogens is 582 g/mol. The van der Waals surface area contributed by atoms with Gasteiger partial charge in [0.05, 0.1) is 12.3 Å². The SMILES string of the molecule is CC(F)C1=CCC(c2cc(F)cc(C3(C(=N)C(=O)c4ccccc4CNC(=O)C(=O)NCC#Cc4nccs4)CC3)c2)C=C1. The summed E-state index contributed by atoms with van der Waals surface area (Å²) in [4.78, 5) is 42.3. The molecule has 0 spiro atoms. The largest absolute Gasteiger partial charge is 0.344 e. The quantitative estimate of drug-likeness (QED) is 0.131. The smallest absolute Gasteiger partial charge is 0.310 e. The average Bonchev–Trinajstić information content (AvgIpc) is 3.68. The number of carbonyl (C=O) groups is 3. The van der Waals surface area contributed by atoms with Crippen molar-refractivity contribution in [2.45, 2.75) is 50.2 Å². The van der Waals surface area contributed by atoms with E-state index in [-0.39, 0.29) is 30.3 Å². The molecule has 2 amide bonds. The molecule has 3 N–H and O–H groups in total. The van der Waals surface area contributed by atoms with Gasteiger partial charge in [-0.25, -0.2) is 13.8 Å². The second-order valence-corrected chi connectivity index (χ2v) is 11.6. The Morgan fingerprint density at radius 2 is 1.93 bits per heavy atom. The van der Waals surface area contributed by atoms with Gasteiger partial charge in [0.15, 0.2) is 5.01 Å². The van der Waals surface area contributed by atoms with E-state index in [2.05, 4.69) is 27.5 Å². The van der Waals surface area contributed by atoms with Crippen LogP contribution in [0.2, 0.25) is 0 Å². The molecule has 3 aromatic rings. The van der Waals surface area contributed by atoms with Crippen LogP contribution in [0.4, 0.5) is 8.78 Å². The van der Waals surface area contributed by atoms with E-state index < -0.39 is 35.0 Å². The number of nitrogens with zero attached hydrogens (tertiary/aromatic N) is 1. The van der Waals surface area contributed by atoms with Crippen LogP contribution in [-0.4, -0.2) is 41.0 Å². The number of hydrogen-bond donors (Lipinski definition) is 3. The lowest BCUT2D eigenvalue weighted by atomic mass is 9.82. The molecule has 1 saturated carbocycles. The molecule has 2 unspecified atom stereocenters. The van der Waals surface area contributed by atoms with E-state index in [1.54, 1.807) is 41.9 Å². The lowest BCUT2D eigenvalue weighted by Crippen LogP contribution is -2.40. The van der Waals surface area contributed by atoms with Gasteiger partial charge in [-0.15, -0.1) is 11.3 Å². The molecule has 5 rings (SSSR count). The fourth-order valence-corrected chi connectivity index (χ4v) is 5.71. The van der Waals surface area contributed by atoms with Crippen LogP contribution in [0, 0.1) is 23.1 Å². The summed E-state index contributed by atoms with van der Waals surface area (Å²) in [5, 5.41) is 16.2. The van der Waals surface area contributed by atoms with Crippen molar-refractivity contribution in [1.82, 2.24) is 15.6 Å². The highest BCUT2D eigenvalue weighted by Gasteiger charge is 2.51. The average molecular weight is 613 g/mol. The van der Waals surface area contributed by atoms with Gasteiger partial charge in [0.25, 0.3) is 0 Å². The zero-order valence-corrected chi connectivity index (χ0v) is 24.8. The molecule has 7 nitrogen and oxygen atoms in total. The van der Waals surface area contributed by atoms with Crippen LogP contribution < -0.4 is 10.6 Å². The minimum Gasteiger partial charge on any atom is -0.344 e. The number of thiazole rings is 1. The third-order valence-electron chi connectivity index (χ3n) is 7.82. The number of alkyl halides is 1. The molecule has 0 aliphatic heterocycles. The van der Waals surface area contributed by atoms with Crippen LogP contribution in [0.25, 0.3) is 0 Å². The van der Waals surface area contributed by atoms with Crippen molar-refractivity contribution in [2.24, 2.45) is 0 Å². The van der Waals surface area contributed by atoms with Gasteiger partial charge in [0, 0.05) is 35.0 Å². The van der Waals surface area contributed by atoms with Gasteiger partial charge >= 0.3 is 11.8 Å². The molecule has 44 heavy (non-hydrogen) atoms. The summed E-state index contributed by atoms with van der Waals surface area (Å²) in [5.74, 6) is 2.63. The zero-order valence-electron chi connectivity index (χ0n) is 24.0. The third-order valence-corrected chi connectivity index (χ3v) is 8.51. The Balaban J connectivity index is 1.25. The number of Topliss-reactive ketones (excluding diaryl/α,β-unsaturated/α-hetero) is 1. The number of carbonyl (C=O) groups excluding carboxylic acids is 3. The van der Waals surface area contributed by atoms with E-state index in [9.17, 15) is 23.2 Å². The molecule has 1 aromatic heterocycles. The molecule has 224 valence electrons. The number of amides is 2. The Labute approximate surface area is 258 Å². The van der Waals surface area contributed by atoms with Gasteiger partial charge < -0.3 is 16.0 Å². The summed E-state index contributed by atoms with van der Waals surface area (Å²) in [7, 11) is 0. The number of halogens is 2. The van der Waals surface area contributed by atoms with E-state index in [0.29, 0.717) is 46.5 Å². The first kappa shape index (κ1) is 30.7. The fourth-order valence-electron chi connectivity index (χ4n) is 5.20. The van der Waals surface area contributed by atoms with Crippen LogP contribution >= 0.6 is 11.3 Å². The van der Waals surface area contributed by atoms with Gasteiger partial charge in [-0.2, -0.15) is 0 Å². The molecule has 0 saturated heterocycles. The molecule has 2 aliphatic carbocycles. The van der Waals surface area contributed by atoms with Crippen LogP contribution in [0.5, 0.6) is 0 Å². The fraction of sp³-hybridized carbons (Fsp3) is 0.265. The molecule has 1 fully saturated rings. The first-order valence-electron chi connectivity index (χ1n) is 14.2. The van der Waals surface area contributed by atoms with E-state index in [4.69, 9.17) is 5.41 Å². The Bertz CT molecular complexity index is 1730. The van der Waals surface area contributed by atoms with Gasteiger partial charge in [0.2, 0.25) is 5.78 Å². The van der Waals surface area contributed by atoms with Crippen molar-refractivity contribution in [1.29, 1.82) is 5.41 Å². The summed E-state index contributed by atoms with van der Waals surface area (Å²) in [6.07, 6.45) is 7.51. The highest BCUT2D eigenvalue weighted by Crippen LogP contribution is 2.50. The van der Waals surface area contributed by atoms with E-state index >= 15 is 0 Å². The molecule has 2 atom stereocenters. The van der Waals surface area contributed by atoms with Crippen LogP contribution in [-0.2, 0) is 21.5 Å². The van der Waals surface area contributed by atoms with Crippen molar-refractivity contribution < 1.29 is 23.2 Å². The normalized spacial score (nSPS) is 17.0. The molecule has 0 bridgehead atoms. The number of nitrogens with one attached hydrogen (secondary N) is 3. The van der Waals surface area contributed by atoms with Crippen LogP contribution in [0.1, 0.15) is 64.2 Å². The summed E-state index contributed by atoms with van der Waals surface area (Å²) in [6.45, 7) is 1.33. The lowest BCUT2D eigenvalue weighted by molar-refractivity contribution is -0.139. The van der Waals surface area contributed by atoms with Crippen molar-refractivity contribution >= 4 is 34.6 Å². The monoisotopic (exact) mass is 612 g/mol. The first-order chi connectivity index (χ1) is 21.2. The minimum atomic E-state index is -1.08. The Kier molecular flexibility index (Phi) is 9.26. The van der Waals surface area contributed by atoms with Crippen molar-refractivity contribution in [2.75, 3.05) is 6.54 Å². The van der Waals surface area contributed by atoms with Gasteiger partial charge in [-0.1, -0.05) is 54.5 Å². The van der Waals surface area contributed by atoms with Gasteiger partial charge in [-0.3, -0.25) is 14.4 Å². The number of ketones is 1. The molecule has 0 radical (unpaired) electrons. The lowest BCUT2D eigenvalue weighted by Gasteiger charge is -2.22. The summed E-state index contributed by atoms with van der Waals surface area (Å²) >= 11 is 1.36. The van der Waals surface area contributed by atoms with E-state index in [0.717, 1.165) is 0 Å². The minimum absolute atomic E-state index is 0.0342. The standard InChI is InChI=1S/C34H30F2N4O3S/c1-21(35)22-8-10-23(11-9-22)25-17-26(19-27(36)18-25)34(12-13-34)31(37)30(41)28-6-3-2-5-24(28)20-40-33(43)32(42)39-14-4-7-29-38-15-16-44-29/h2-3,5-6,8-10,15-19,21,23,37H,11-14,20H2,1H3,(H,39,42)(H,40,43). The van der Waals surface area contributed by atoms with Crippen molar-refractivity contribution in [3.63, 3.8) is 0 Å². The third kappa shape index (κ3) is 6.90. The highest BCUT2D eigenvalue weighted by molar-refractivity contribution is 7.10. The predicted octanol–water partition coefficient (Wildman–Crippen LogP) is 5.33. The zero-order chi connectivity index (χ0) is 31.3. The number of allylic oxidation sites excluding steroid dienone is 4. The van der Waals surface area contributed by atoms with Gasteiger partial charge in [-0.05, 0) is 66.5 Å². The Morgan fingerprint density at radius 1 is 1.16 bits per heavy atom. The Morgan fingerprint density at radius 3 is 2.61 bits per heavy atom. The second kappa shape index (κ2) is 13.3. The summed E-state index contributed by atoms with van der Waals surface area (Å²) in [5.41, 5.74) is 1.46. The number of benzene rings is 2. The Hall–Kier alpha value is -4.75. The second-order valence-electron chi connectivity index (χ2n) is 10.7. The van der Waals surface area contributed by atoms with E-state index in [1.807, 2.05) is 18.2 Å².